The van der Waals surface area contributed by atoms with Gasteiger partial charge in [0.15, 0.2) is 0 Å². The van der Waals surface area contributed by atoms with Crippen LogP contribution in [0.15, 0.2) is 23.8 Å². The average Bonchev–Trinajstić information content (AvgIpc) is 1.87. The summed E-state index contributed by atoms with van der Waals surface area (Å²) in [6.07, 6.45) is 7.71. The Morgan fingerprint density at radius 1 is 1.40 bits per heavy atom. The lowest BCUT2D eigenvalue weighted by molar-refractivity contribution is 0.785. The number of allylic oxidation sites excluding steroid dienone is 4. The van der Waals surface area contributed by atoms with Gasteiger partial charge in [0.05, 0.1) is 0 Å². The standard InChI is InChI=1S/C10H18/c1-5-7-10(8-6-2)9(3)4/h5,7-9H,6H2,1-4H3/b7-5-,10-8+. The van der Waals surface area contributed by atoms with Crippen molar-refractivity contribution < 1.29 is 0 Å². The first kappa shape index (κ1) is 9.48. The van der Waals surface area contributed by atoms with E-state index in [4.69, 9.17) is 0 Å². The third-order valence-electron chi connectivity index (χ3n) is 1.47. The Hall–Kier alpha value is -0.520. The van der Waals surface area contributed by atoms with Crippen LogP contribution in [-0.2, 0) is 0 Å². The maximum atomic E-state index is 2.28. The smallest absolute Gasteiger partial charge is 0.0222 e. The summed E-state index contributed by atoms with van der Waals surface area (Å²) in [6.45, 7) is 8.68. The zero-order valence-electron chi connectivity index (χ0n) is 7.52. The number of hydrogen-bond donors (Lipinski definition) is 0. The summed E-state index contributed by atoms with van der Waals surface area (Å²) in [4.78, 5) is 0. The van der Waals surface area contributed by atoms with E-state index in [9.17, 15) is 0 Å². The second-order valence-corrected chi connectivity index (χ2v) is 2.77. The second kappa shape index (κ2) is 5.28. The Bertz CT molecular complexity index is 127. The van der Waals surface area contributed by atoms with Crippen molar-refractivity contribution in [1.82, 2.24) is 0 Å². The summed E-state index contributed by atoms with van der Waals surface area (Å²) >= 11 is 0. The molecule has 0 rings (SSSR count). The van der Waals surface area contributed by atoms with Crippen LogP contribution in [0.4, 0.5) is 0 Å². The van der Waals surface area contributed by atoms with Crippen molar-refractivity contribution in [2.24, 2.45) is 5.92 Å². The Morgan fingerprint density at radius 3 is 2.30 bits per heavy atom. The van der Waals surface area contributed by atoms with E-state index in [0.29, 0.717) is 5.92 Å². The summed E-state index contributed by atoms with van der Waals surface area (Å²) in [5, 5.41) is 0. The van der Waals surface area contributed by atoms with Crippen molar-refractivity contribution >= 4 is 0 Å². The molecule has 0 aliphatic carbocycles. The highest BCUT2D eigenvalue weighted by atomic mass is 14.0. The van der Waals surface area contributed by atoms with Crippen molar-refractivity contribution in [2.45, 2.75) is 34.1 Å². The summed E-state index contributed by atoms with van der Waals surface area (Å²) in [5.41, 5.74) is 1.45. The molecule has 0 aromatic carbocycles. The number of rotatable bonds is 3. The first-order valence-electron chi connectivity index (χ1n) is 4.05. The highest BCUT2D eigenvalue weighted by Gasteiger charge is 1.95. The molecule has 0 saturated heterocycles. The van der Waals surface area contributed by atoms with Crippen LogP contribution in [0.2, 0.25) is 0 Å². The molecule has 0 spiro atoms. The molecule has 0 aromatic heterocycles. The number of hydrogen-bond acceptors (Lipinski definition) is 0. The van der Waals surface area contributed by atoms with Gasteiger partial charge in [0.25, 0.3) is 0 Å². The third kappa shape index (κ3) is 3.49. The fourth-order valence-electron chi connectivity index (χ4n) is 0.924. The second-order valence-electron chi connectivity index (χ2n) is 2.77. The SMILES string of the molecule is C/C=C\C(=C/CC)C(C)C. The molecule has 0 atom stereocenters. The van der Waals surface area contributed by atoms with Gasteiger partial charge in [0.1, 0.15) is 0 Å². The molecule has 0 unspecified atom stereocenters. The predicted octanol–water partition coefficient (Wildman–Crippen LogP) is 3.55. The molecule has 58 valence electrons. The predicted molar refractivity (Wildman–Crippen MR) is 48.0 cm³/mol. The Kier molecular flexibility index (Phi) is 5.00. The molecule has 0 nitrogen and oxygen atoms in total. The first-order chi connectivity index (χ1) is 4.72. The zero-order valence-corrected chi connectivity index (χ0v) is 7.52. The van der Waals surface area contributed by atoms with E-state index in [1.54, 1.807) is 0 Å². The molecule has 0 heteroatoms. The lowest BCUT2D eigenvalue weighted by atomic mass is 10.0. The van der Waals surface area contributed by atoms with Gasteiger partial charge in [-0.05, 0) is 24.8 Å². The quantitative estimate of drug-likeness (QED) is 0.523. The van der Waals surface area contributed by atoms with E-state index in [0.717, 1.165) is 6.42 Å². The van der Waals surface area contributed by atoms with Crippen LogP contribution >= 0.6 is 0 Å². The highest BCUT2D eigenvalue weighted by molar-refractivity contribution is 5.19. The minimum Gasteiger partial charge on any atom is -0.0874 e. The Labute approximate surface area is 64.6 Å². The van der Waals surface area contributed by atoms with Crippen molar-refractivity contribution in [3.8, 4) is 0 Å². The van der Waals surface area contributed by atoms with E-state index in [1.807, 2.05) is 0 Å². The van der Waals surface area contributed by atoms with Crippen LogP contribution in [0.1, 0.15) is 34.1 Å². The zero-order chi connectivity index (χ0) is 7.98. The molecule has 0 saturated carbocycles. The average molecular weight is 138 g/mol. The van der Waals surface area contributed by atoms with Crippen molar-refractivity contribution in [3.63, 3.8) is 0 Å². The van der Waals surface area contributed by atoms with Gasteiger partial charge in [0.2, 0.25) is 0 Å². The van der Waals surface area contributed by atoms with Crippen LogP contribution in [0.5, 0.6) is 0 Å². The van der Waals surface area contributed by atoms with E-state index >= 15 is 0 Å². The lowest BCUT2D eigenvalue weighted by Gasteiger charge is -2.04. The van der Waals surface area contributed by atoms with Gasteiger partial charge < -0.3 is 0 Å². The lowest BCUT2D eigenvalue weighted by Crippen LogP contribution is -1.89. The largest absolute Gasteiger partial charge is 0.0874 e. The van der Waals surface area contributed by atoms with Crippen LogP contribution in [0.25, 0.3) is 0 Å². The fourth-order valence-corrected chi connectivity index (χ4v) is 0.924. The van der Waals surface area contributed by atoms with Gasteiger partial charge in [-0.15, -0.1) is 0 Å². The highest BCUT2D eigenvalue weighted by Crippen LogP contribution is 2.11. The molecular formula is C10H18. The van der Waals surface area contributed by atoms with Gasteiger partial charge >= 0.3 is 0 Å². The maximum absolute atomic E-state index is 2.28. The summed E-state index contributed by atoms with van der Waals surface area (Å²) in [5.74, 6) is 0.663. The minimum absolute atomic E-state index is 0.663. The molecule has 0 radical (unpaired) electrons. The summed E-state index contributed by atoms with van der Waals surface area (Å²) in [7, 11) is 0. The van der Waals surface area contributed by atoms with Gasteiger partial charge in [0, 0.05) is 0 Å². The summed E-state index contributed by atoms with van der Waals surface area (Å²) < 4.78 is 0. The molecule has 0 aliphatic heterocycles. The minimum atomic E-state index is 0.663. The van der Waals surface area contributed by atoms with Crippen molar-refractivity contribution in [2.75, 3.05) is 0 Å². The normalized spacial score (nSPS) is 13.5. The van der Waals surface area contributed by atoms with Crippen LogP contribution in [-0.4, -0.2) is 0 Å². The van der Waals surface area contributed by atoms with E-state index in [1.165, 1.54) is 5.57 Å². The molecule has 0 amide bonds. The van der Waals surface area contributed by atoms with Crippen LogP contribution in [0.3, 0.4) is 0 Å². The van der Waals surface area contributed by atoms with E-state index < -0.39 is 0 Å². The Morgan fingerprint density at radius 2 is 2.00 bits per heavy atom. The Balaban J connectivity index is 4.11. The topological polar surface area (TPSA) is 0 Å². The third-order valence-corrected chi connectivity index (χ3v) is 1.47. The van der Waals surface area contributed by atoms with Gasteiger partial charge in [-0.1, -0.05) is 39.0 Å². The molecule has 0 N–H and O–H groups in total. The molecule has 0 aromatic rings. The van der Waals surface area contributed by atoms with Crippen LogP contribution in [0, 0.1) is 5.92 Å². The fraction of sp³-hybridized carbons (Fsp3) is 0.600. The molecule has 0 fully saturated rings. The van der Waals surface area contributed by atoms with E-state index in [2.05, 4.69) is 45.9 Å². The molecule has 0 aliphatic rings. The molecule has 0 heterocycles. The summed E-state index contributed by atoms with van der Waals surface area (Å²) in [6, 6.07) is 0. The van der Waals surface area contributed by atoms with Crippen molar-refractivity contribution in [1.29, 1.82) is 0 Å². The van der Waals surface area contributed by atoms with Crippen LogP contribution < -0.4 is 0 Å². The van der Waals surface area contributed by atoms with E-state index in [-0.39, 0.29) is 0 Å². The van der Waals surface area contributed by atoms with Crippen molar-refractivity contribution in [3.05, 3.63) is 23.8 Å². The first-order valence-corrected chi connectivity index (χ1v) is 4.05. The maximum Gasteiger partial charge on any atom is -0.0222 e. The van der Waals surface area contributed by atoms with Gasteiger partial charge in [-0.25, -0.2) is 0 Å². The molecule has 10 heavy (non-hydrogen) atoms. The monoisotopic (exact) mass is 138 g/mol. The molecule has 0 bridgehead atoms. The van der Waals surface area contributed by atoms with Gasteiger partial charge in [-0.3, -0.25) is 0 Å². The van der Waals surface area contributed by atoms with Gasteiger partial charge in [-0.2, -0.15) is 0 Å². The molecular weight excluding hydrogens is 120 g/mol.